The molecule has 140 valence electrons. The summed E-state index contributed by atoms with van der Waals surface area (Å²) >= 11 is 0. The van der Waals surface area contributed by atoms with E-state index in [1.807, 2.05) is 37.3 Å². The number of carbonyl (C=O) groups is 1. The quantitative estimate of drug-likeness (QED) is 0.691. The predicted molar refractivity (Wildman–Crippen MR) is 99.4 cm³/mol. The van der Waals surface area contributed by atoms with Crippen LogP contribution in [0, 0.1) is 0 Å². The number of carbonyl (C=O) groups excluding carboxylic acids is 1. The van der Waals surface area contributed by atoms with Crippen LogP contribution in [0.15, 0.2) is 59.5 Å². The van der Waals surface area contributed by atoms with E-state index < -0.39 is 9.84 Å². The largest absolute Gasteiger partial charge is 0.348 e. The number of sulfone groups is 1. The molecule has 1 heterocycles. The first-order valence-electron chi connectivity index (χ1n) is 8.25. The predicted octanol–water partition coefficient (Wildman–Crippen LogP) is 1.62. The van der Waals surface area contributed by atoms with Gasteiger partial charge in [0.1, 0.15) is 6.54 Å². The van der Waals surface area contributed by atoms with Gasteiger partial charge >= 0.3 is 0 Å². The smallest absolute Gasteiger partial charge is 0.244 e. The number of benzene rings is 2. The zero-order chi connectivity index (χ0) is 19.4. The molecule has 0 saturated carbocycles. The third kappa shape index (κ3) is 4.76. The van der Waals surface area contributed by atoms with Gasteiger partial charge in [-0.2, -0.15) is 4.80 Å². The van der Waals surface area contributed by atoms with Crippen LogP contribution in [0.5, 0.6) is 0 Å². The van der Waals surface area contributed by atoms with E-state index in [0.717, 1.165) is 11.8 Å². The van der Waals surface area contributed by atoms with Gasteiger partial charge in [-0.1, -0.05) is 30.3 Å². The summed E-state index contributed by atoms with van der Waals surface area (Å²) in [6.07, 6.45) is 1.14. The van der Waals surface area contributed by atoms with Crippen LogP contribution in [-0.2, 0) is 21.2 Å². The molecule has 1 N–H and O–H groups in total. The summed E-state index contributed by atoms with van der Waals surface area (Å²) in [6, 6.07) is 15.7. The summed E-state index contributed by atoms with van der Waals surface area (Å²) < 4.78 is 23.0. The molecule has 1 aromatic heterocycles. The lowest BCUT2D eigenvalue weighted by Crippen LogP contribution is -2.30. The van der Waals surface area contributed by atoms with Gasteiger partial charge < -0.3 is 5.32 Å². The number of rotatable bonds is 6. The minimum atomic E-state index is -3.26. The molecule has 0 saturated heterocycles. The Balaban J connectivity index is 1.64. The van der Waals surface area contributed by atoms with Crippen molar-refractivity contribution >= 4 is 15.7 Å². The molecule has 0 aliphatic heterocycles. The summed E-state index contributed by atoms with van der Waals surface area (Å²) in [5.41, 5.74) is 1.62. The highest BCUT2D eigenvalue weighted by molar-refractivity contribution is 7.90. The van der Waals surface area contributed by atoms with E-state index in [2.05, 4.69) is 20.7 Å². The molecule has 0 aliphatic rings. The molecule has 0 fully saturated rings. The van der Waals surface area contributed by atoms with Crippen molar-refractivity contribution in [2.75, 3.05) is 6.26 Å². The van der Waals surface area contributed by atoms with E-state index in [0.29, 0.717) is 11.4 Å². The first-order valence-corrected chi connectivity index (χ1v) is 10.1. The molecular formula is C18H19N5O3S. The number of hydrogen-bond donors (Lipinski definition) is 1. The molecule has 0 bridgehead atoms. The number of hydrogen-bond acceptors (Lipinski definition) is 6. The Bertz CT molecular complexity index is 1030. The van der Waals surface area contributed by atoms with Gasteiger partial charge in [0.15, 0.2) is 9.84 Å². The molecule has 1 atom stereocenters. The Morgan fingerprint density at radius 1 is 1.11 bits per heavy atom. The number of tetrazole rings is 1. The van der Waals surface area contributed by atoms with Crippen molar-refractivity contribution < 1.29 is 13.2 Å². The van der Waals surface area contributed by atoms with Gasteiger partial charge in [-0.15, -0.1) is 10.2 Å². The standard InChI is InChI=1S/C18H19N5O3S/c1-13(14-6-4-3-5-7-14)19-17(24)12-23-21-18(20-22-23)15-8-10-16(11-9-15)27(2,25)26/h3-11,13H,12H2,1-2H3,(H,19,24)/t13-/m1/s1. The summed E-state index contributed by atoms with van der Waals surface area (Å²) in [5.74, 6) is 0.0849. The molecule has 0 unspecified atom stereocenters. The molecule has 2 aromatic carbocycles. The minimum Gasteiger partial charge on any atom is -0.348 e. The van der Waals surface area contributed by atoms with Crippen LogP contribution in [0.3, 0.4) is 0 Å². The van der Waals surface area contributed by atoms with Crippen LogP contribution in [0.25, 0.3) is 11.4 Å². The van der Waals surface area contributed by atoms with Crippen LogP contribution in [0.2, 0.25) is 0 Å². The molecule has 27 heavy (non-hydrogen) atoms. The van der Waals surface area contributed by atoms with Gasteiger partial charge in [0.2, 0.25) is 11.7 Å². The van der Waals surface area contributed by atoms with E-state index in [1.165, 1.54) is 16.9 Å². The zero-order valence-electron chi connectivity index (χ0n) is 14.9. The van der Waals surface area contributed by atoms with Crippen molar-refractivity contribution in [1.29, 1.82) is 0 Å². The summed E-state index contributed by atoms with van der Waals surface area (Å²) in [6.45, 7) is 1.84. The second-order valence-corrected chi connectivity index (χ2v) is 8.16. The second kappa shape index (κ2) is 7.67. The minimum absolute atomic E-state index is 0.0639. The average molecular weight is 385 g/mol. The number of aromatic nitrogens is 4. The van der Waals surface area contributed by atoms with Gasteiger partial charge in [0.05, 0.1) is 10.9 Å². The molecule has 3 rings (SSSR count). The van der Waals surface area contributed by atoms with Gasteiger partial charge in [0, 0.05) is 11.8 Å². The van der Waals surface area contributed by atoms with Crippen molar-refractivity contribution in [1.82, 2.24) is 25.5 Å². The van der Waals surface area contributed by atoms with E-state index in [9.17, 15) is 13.2 Å². The second-order valence-electron chi connectivity index (χ2n) is 6.14. The number of nitrogens with zero attached hydrogens (tertiary/aromatic N) is 4. The van der Waals surface area contributed by atoms with E-state index >= 15 is 0 Å². The Labute approximate surface area is 157 Å². The molecule has 0 spiro atoms. The maximum absolute atomic E-state index is 12.2. The Morgan fingerprint density at radius 2 is 1.78 bits per heavy atom. The highest BCUT2D eigenvalue weighted by atomic mass is 32.2. The van der Waals surface area contributed by atoms with Crippen LogP contribution in [-0.4, -0.2) is 40.8 Å². The van der Waals surface area contributed by atoms with Gasteiger partial charge in [-0.05, 0) is 42.0 Å². The molecule has 8 nitrogen and oxygen atoms in total. The van der Waals surface area contributed by atoms with Crippen molar-refractivity contribution in [2.24, 2.45) is 0 Å². The highest BCUT2D eigenvalue weighted by Gasteiger charge is 2.13. The fourth-order valence-corrected chi connectivity index (χ4v) is 3.15. The van der Waals surface area contributed by atoms with Crippen molar-refractivity contribution in [3.63, 3.8) is 0 Å². The lowest BCUT2D eigenvalue weighted by Gasteiger charge is -2.13. The third-order valence-corrected chi connectivity index (χ3v) is 5.08. The number of nitrogens with one attached hydrogen (secondary N) is 1. The molecule has 0 aliphatic carbocycles. The van der Waals surface area contributed by atoms with Crippen LogP contribution in [0.1, 0.15) is 18.5 Å². The molecule has 3 aromatic rings. The van der Waals surface area contributed by atoms with Crippen LogP contribution >= 0.6 is 0 Å². The fourth-order valence-electron chi connectivity index (χ4n) is 2.52. The van der Waals surface area contributed by atoms with Gasteiger partial charge in [0.25, 0.3) is 0 Å². The lowest BCUT2D eigenvalue weighted by atomic mass is 10.1. The zero-order valence-corrected chi connectivity index (χ0v) is 15.7. The molecule has 9 heteroatoms. The third-order valence-electron chi connectivity index (χ3n) is 3.96. The van der Waals surface area contributed by atoms with Gasteiger partial charge in [-0.25, -0.2) is 8.42 Å². The Morgan fingerprint density at radius 3 is 2.41 bits per heavy atom. The van der Waals surface area contributed by atoms with Crippen molar-refractivity contribution in [3.8, 4) is 11.4 Å². The lowest BCUT2D eigenvalue weighted by molar-refractivity contribution is -0.122. The first kappa shape index (κ1) is 18.7. The van der Waals surface area contributed by atoms with E-state index in [-0.39, 0.29) is 23.4 Å². The first-order chi connectivity index (χ1) is 12.8. The molecular weight excluding hydrogens is 366 g/mol. The van der Waals surface area contributed by atoms with E-state index in [1.54, 1.807) is 12.1 Å². The summed E-state index contributed by atoms with van der Waals surface area (Å²) in [5, 5.41) is 14.9. The summed E-state index contributed by atoms with van der Waals surface area (Å²) in [4.78, 5) is 13.6. The Hall–Kier alpha value is -3.07. The van der Waals surface area contributed by atoms with Crippen LogP contribution in [0.4, 0.5) is 0 Å². The van der Waals surface area contributed by atoms with Crippen molar-refractivity contribution in [3.05, 3.63) is 60.2 Å². The molecule has 1 amide bonds. The maximum atomic E-state index is 12.2. The van der Waals surface area contributed by atoms with E-state index in [4.69, 9.17) is 0 Å². The maximum Gasteiger partial charge on any atom is 0.244 e. The monoisotopic (exact) mass is 385 g/mol. The fraction of sp³-hybridized carbons (Fsp3) is 0.222. The topological polar surface area (TPSA) is 107 Å². The number of amides is 1. The average Bonchev–Trinajstić information content (AvgIpc) is 3.10. The molecule has 0 radical (unpaired) electrons. The van der Waals surface area contributed by atoms with Gasteiger partial charge in [-0.3, -0.25) is 4.79 Å². The van der Waals surface area contributed by atoms with Crippen molar-refractivity contribution in [2.45, 2.75) is 24.4 Å². The normalized spacial score (nSPS) is 12.5. The van der Waals surface area contributed by atoms with Crippen LogP contribution < -0.4 is 5.32 Å². The summed E-state index contributed by atoms with van der Waals surface area (Å²) in [7, 11) is -3.26. The highest BCUT2D eigenvalue weighted by Crippen LogP contribution is 2.17. The Kier molecular flexibility index (Phi) is 5.31. The SMILES string of the molecule is C[C@@H](NC(=O)Cn1nnc(-c2ccc(S(C)(=O)=O)cc2)n1)c1ccccc1.